The van der Waals surface area contributed by atoms with Crippen molar-refractivity contribution in [2.24, 2.45) is 11.7 Å². The average molecular weight is 251 g/mol. The second-order valence-corrected chi connectivity index (χ2v) is 4.40. The Balaban J connectivity index is 2.71. The molecule has 0 aromatic carbocycles. The second-order valence-electron chi connectivity index (χ2n) is 4.40. The Kier molecular flexibility index (Phi) is 4.50. The topological polar surface area (TPSA) is 64.9 Å². The Hall–Kier alpha value is -1.11. The monoisotopic (exact) mass is 251 g/mol. The number of halogens is 3. The highest BCUT2D eigenvalue weighted by atomic mass is 19.4. The van der Waals surface area contributed by atoms with Gasteiger partial charge in [0.1, 0.15) is 6.42 Å². The number of aromatic nitrogens is 2. The molecule has 1 heterocycles. The van der Waals surface area contributed by atoms with E-state index in [1.165, 1.54) is 0 Å². The maximum atomic E-state index is 12.1. The highest BCUT2D eigenvalue weighted by Gasteiger charge is 2.31. The van der Waals surface area contributed by atoms with E-state index in [-0.39, 0.29) is 24.2 Å². The lowest BCUT2D eigenvalue weighted by atomic mass is 9.97. The van der Waals surface area contributed by atoms with Gasteiger partial charge in [0.15, 0.2) is 5.82 Å². The van der Waals surface area contributed by atoms with Crippen molar-refractivity contribution in [3.05, 3.63) is 11.7 Å². The molecule has 0 aliphatic rings. The van der Waals surface area contributed by atoms with Crippen LogP contribution in [0.15, 0.2) is 4.52 Å². The van der Waals surface area contributed by atoms with Crippen LogP contribution in [0, 0.1) is 5.92 Å². The van der Waals surface area contributed by atoms with Crippen molar-refractivity contribution in [3.8, 4) is 0 Å². The van der Waals surface area contributed by atoms with Crippen molar-refractivity contribution in [3.63, 3.8) is 0 Å². The Labute approximate surface area is 97.4 Å². The first-order chi connectivity index (χ1) is 7.81. The van der Waals surface area contributed by atoms with Gasteiger partial charge in [0.25, 0.3) is 0 Å². The zero-order valence-electron chi connectivity index (χ0n) is 9.79. The molecular weight excluding hydrogens is 235 g/mol. The molecule has 0 radical (unpaired) electrons. The molecule has 17 heavy (non-hydrogen) atoms. The van der Waals surface area contributed by atoms with Crippen molar-refractivity contribution in [1.82, 2.24) is 10.1 Å². The lowest BCUT2D eigenvalue weighted by molar-refractivity contribution is -0.128. The summed E-state index contributed by atoms with van der Waals surface area (Å²) in [7, 11) is 0. The molecule has 4 nitrogen and oxygen atoms in total. The number of nitrogens with zero attached hydrogens (tertiary/aromatic N) is 2. The van der Waals surface area contributed by atoms with Crippen LogP contribution >= 0.6 is 0 Å². The van der Waals surface area contributed by atoms with Crippen LogP contribution in [0.5, 0.6) is 0 Å². The molecule has 0 saturated heterocycles. The standard InChI is InChI=1S/C10H16F3N3O/c1-6(2)3-7(5-14)9-15-8(16-17-9)4-10(11,12)13/h6-7H,3-5,14H2,1-2H3. The molecule has 0 aliphatic heterocycles. The summed E-state index contributed by atoms with van der Waals surface area (Å²) in [5.74, 6) is 0.0427. The molecule has 1 aromatic rings. The van der Waals surface area contributed by atoms with Gasteiger partial charge in [-0.2, -0.15) is 18.2 Å². The number of alkyl halides is 3. The number of hydrogen-bond acceptors (Lipinski definition) is 4. The summed E-state index contributed by atoms with van der Waals surface area (Å²) < 4.78 is 41.1. The van der Waals surface area contributed by atoms with E-state index in [1.807, 2.05) is 13.8 Å². The minimum absolute atomic E-state index is 0.176. The number of rotatable bonds is 5. The Morgan fingerprint density at radius 1 is 1.35 bits per heavy atom. The van der Waals surface area contributed by atoms with Gasteiger partial charge in [-0.25, -0.2) is 0 Å². The Morgan fingerprint density at radius 3 is 2.47 bits per heavy atom. The third kappa shape index (κ3) is 4.72. The molecule has 0 fully saturated rings. The van der Waals surface area contributed by atoms with Gasteiger partial charge < -0.3 is 10.3 Å². The van der Waals surface area contributed by atoms with E-state index in [9.17, 15) is 13.2 Å². The van der Waals surface area contributed by atoms with Gasteiger partial charge >= 0.3 is 6.18 Å². The van der Waals surface area contributed by atoms with Gasteiger partial charge in [0.05, 0.1) is 5.92 Å². The van der Waals surface area contributed by atoms with Gasteiger partial charge in [0, 0.05) is 6.54 Å². The first-order valence-electron chi connectivity index (χ1n) is 5.41. The second kappa shape index (κ2) is 5.48. The molecule has 0 amide bonds. The van der Waals surface area contributed by atoms with E-state index in [0.717, 1.165) is 0 Å². The number of nitrogens with two attached hydrogens (primary N) is 1. The predicted octanol–water partition coefficient (Wildman–Crippen LogP) is 2.26. The largest absolute Gasteiger partial charge is 0.396 e. The van der Waals surface area contributed by atoms with Crippen LogP contribution < -0.4 is 5.73 Å². The maximum absolute atomic E-state index is 12.1. The molecular formula is C10H16F3N3O. The summed E-state index contributed by atoms with van der Waals surface area (Å²) in [5, 5.41) is 3.32. The lowest BCUT2D eigenvalue weighted by Gasteiger charge is -2.11. The van der Waals surface area contributed by atoms with Crippen LogP contribution in [0.3, 0.4) is 0 Å². The molecule has 1 rings (SSSR count). The fourth-order valence-electron chi connectivity index (χ4n) is 1.55. The molecule has 7 heteroatoms. The summed E-state index contributed by atoms with van der Waals surface area (Å²) in [6.45, 7) is 4.27. The molecule has 0 spiro atoms. The van der Waals surface area contributed by atoms with Gasteiger partial charge in [-0.05, 0) is 12.3 Å². The first-order valence-corrected chi connectivity index (χ1v) is 5.41. The minimum Gasteiger partial charge on any atom is -0.339 e. The van der Waals surface area contributed by atoms with Crippen molar-refractivity contribution in [2.45, 2.75) is 38.8 Å². The van der Waals surface area contributed by atoms with Crippen LogP contribution in [0.1, 0.15) is 37.9 Å². The fourth-order valence-corrected chi connectivity index (χ4v) is 1.55. The molecule has 2 N–H and O–H groups in total. The van der Waals surface area contributed by atoms with Gasteiger partial charge in [0.2, 0.25) is 5.89 Å². The SMILES string of the molecule is CC(C)CC(CN)c1nc(CC(F)(F)F)no1. The molecule has 1 atom stereocenters. The van der Waals surface area contributed by atoms with E-state index in [1.54, 1.807) is 0 Å². The zero-order valence-corrected chi connectivity index (χ0v) is 9.79. The minimum atomic E-state index is -4.32. The van der Waals surface area contributed by atoms with Crippen molar-refractivity contribution < 1.29 is 17.7 Å². The normalized spacial score (nSPS) is 14.3. The fraction of sp³-hybridized carbons (Fsp3) is 0.800. The molecule has 1 unspecified atom stereocenters. The van der Waals surface area contributed by atoms with Gasteiger partial charge in [-0.3, -0.25) is 0 Å². The third-order valence-corrected chi connectivity index (χ3v) is 2.23. The summed E-state index contributed by atoms with van der Waals surface area (Å²) in [6.07, 6.45) is -4.78. The molecule has 1 aromatic heterocycles. The van der Waals surface area contributed by atoms with Crippen LogP contribution in [0.4, 0.5) is 13.2 Å². The lowest BCUT2D eigenvalue weighted by Crippen LogP contribution is -2.16. The third-order valence-electron chi connectivity index (χ3n) is 2.23. The van der Waals surface area contributed by atoms with E-state index in [4.69, 9.17) is 10.3 Å². The quantitative estimate of drug-likeness (QED) is 0.871. The van der Waals surface area contributed by atoms with E-state index in [2.05, 4.69) is 10.1 Å². The highest BCUT2D eigenvalue weighted by Crippen LogP contribution is 2.24. The zero-order chi connectivity index (χ0) is 13.1. The predicted molar refractivity (Wildman–Crippen MR) is 55.3 cm³/mol. The molecule has 0 bridgehead atoms. The smallest absolute Gasteiger partial charge is 0.339 e. The van der Waals surface area contributed by atoms with Crippen molar-refractivity contribution in [2.75, 3.05) is 6.54 Å². The summed E-state index contributed by atoms with van der Waals surface area (Å²) in [4.78, 5) is 3.74. The van der Waals surface area contributed by atoms with Crippen LogP contribution in [0.2, 0.25) is 0 Å². The Bertz CT molecular complexity index is 349. The number of hydrogen-bond donors (Lipinski definition) is 1. The summed E-state index contributed by atoms with van der Waals surface area (Å²) in [5.41, 5.74) is 5.54. The average Bonchev–Trinajstić information content (AvgIpc) is 2.59. The summed E-state index contributed by atoms with van der Waals surface area (Å²) in [6, 6.07) is 0. The highest BCUT2D eigenvalue weighted by molar-refractivity contribution is 4.96. The summed E-state index contributed by atoms with van der Waals surface area (Å²) >= 11 is 0. The Morgan fingerprint density at radius 2 is 2.00 bits per heavy atom. The molecule has 98 valence electrons. The maximum Gasteiger partial charge on any atom is 0.396 e. The van der Waals surface area contributed by atoms with Crippen LogP contribution in [-0.4, -0.2) is 22.9 Å². The van der Waals surface area contributed by atoms with Gasteiger partial charge in [-0.1, -0.05) is 19.0 Å². The molecule has 0 aliphatic carbocycles. The van der Waals surface area contributed by atoms with E-state index >= 15 is 0 Å². The van der Waals surface area contributed by atoms with Crippen LogP contribution in [-0.2, 0) is 6.42 Å². The van der Waals surface area contributed by atoms with Crippen molar-refractivity contribution >= 4 is 0 Å². The van der Waals surface area contributed by atoms with Crippen LogP contribution in [0.25, 0.3) is 0 Å². The first kappa shape index (κ1) is 14.0. The van der Waals surface area contributed by atoms with E-state index in [0.29, 0.717) is 12.3 Å². The van der Waals surface area contributed by atoms with Crippen molar-refractivity contribution in [1.29, 1.82) is 0 Å². The van der Waals surface area contributed by atoms with Gasteiger partial charge in [-0.15, -0.1) is 0 Å². The van der Waals surface area contributed by atoms with E-state index < -0.39 is 12.6 Å². The molecule has 0 saturated carbocycles.